The normalized spacial score (nSPS) is 11.1. The summed E-state index contributed by atoms with van der Waals surface area (Å²) in [5, 5.41) is 0. The van der Waals surface area contributed by atoms with Gasteiger partial charge in [-0.05, 0) is 37.6 Å². The van der Waals surface area contributed by atoms with Gasteiger partial charge >= 0.3 is 0 Å². The van der Waals surface area contributed by atoms with Crippen LogP contribution in [0.15, 0.2) is 47.6 Å². The highest BCUT2D eigenvalue weighted by atomic mass is 32.2. The lowest BCUT2D eigenvalue weighted by atomic mass is 10.1. The van der Waals surface area contributed by atoms with Crippen LogP contribution in [0.5, 0.6) is 0 Å². The number of amides is 1. The Balaban J connectivity index is 2.28. The molecule has 2 aromatic rings. The fourth-order valence-electron chi connectivity index (χ4n) is 1.82. The minimum atomic E-state index is -3.87. The number of aromatic nitrogens is 1. The van der Waals surface area contributed by atoms with Crippen LogP contribution in [-0.4, -0.2) is 19.3 Å². The van der Waals surface area contributed by atoms with Crippen LogP contribution in [0.4, 0.5) is 0 Å². The molecular formula is C14H14N2O3S. The molecule has 20 heavy (non-hydrogen) atoms. The van der Waals surface area contributed by atoms with E-state index in [0.717, 1.165) is 11.1 Å². The van der Waals surface area contributed by atoms with Crippen molar-refractivity contribution in [2.75, 3.05) is 0 Å². The van der Waals surface area contributed by atoms with E-state index in [4.69, 9.17) is 0 Å². The molecule has 1 amide bonds. The van der Waals surface area contributed by atoms with Crippen molar-refractivity contribution in [3.8, 4) is 0 Å². The van der Waals surface area contributed by atoms with E-state index in [1.807, 2.05) is 13.0 Å². The van der Waals surface area contributed by atoms with Crippen LogP contribution >= 0.6 is 0 Å². The zero-order valence-corrected chi connectivity index (χ0v) is 11.9. The van der Waals surface area contributed by atoms with Crippen molar-refractivity contribution in [1.29, 1.82) is 0 Å². The van der Waals surface area contributed by atoms with Crippen molar-refractivity contribution in [1.82, 2.24) is 9.71 Å². The number of hydrogen-bond donors (Lipinski definition) is 1. The number of carbonyl (C=O) groups excluding carboxylic acids is 1. The number of hydrogen-bond acceptors (Lipinski definition) is 4. The number of nitrogens with one attached hydrogen (secondary N) is 1. The maximum atomic E-state index is 12.1. The Labute approximate surface area is 117 Å². The molecule has 0 bridgehead atoms. The third kappa shape index (κ3) is 3.03. The summed E-state index contributed by atoms with van der Waals surface area (Å²) in [6.07, 6.45) is 2.71. The molecule has 0 unspecified atom stereocenters. The highest BCUT2D eigenvalue weighted by Crippen LogP contribution is 2.12. The molecule has 0 atom stereocenters. The summed E-state index contributed by atoms with van der Waals surface area (Å²) < 4.78 is 26.1. The highest BCUT2D eigenvalue weighted by molar-refractivity contribution is 7.90. The number of sulfonamides is 1. The van der Waals surface area contributed by atoms with Gasteiger partial charge in [0, 0.05) is 18.0 Å². The van der Waals surface area contributed by atoms with Crippen molar-refractivity contribution >= 4 is 15.9 Å². The molecule has 0 radical (unpaired) electrons. The smallest absolute Gasteiger partial charge is 0.265 e. The molecule has 6 heteroatoms. The number of benzene rings is 1. The minimum absolute atomic E-state index is 0.00520. The zero-order valence-electron chi connectivity index (χ0n) is 11.1. The molecule has 0 spiro atoms. The van der Waals surface area contributed by atoms with Crippen LogP contribution in [0.25, 0.3) is 0 Å². The molecular weight excluding hydrogens is 276 g/mol. The molecule has 0 aliphatic rings. The van der Waals surface area contributed by atoms with E-state index in [0.29, 0.717) is 5.56 Å². The molecule has 1 aromatic carbocycles. The van der Waals surface area contributed by atoms with Crippen LogP contribution in [-0.2, 0) is 10.0 Å². The molecule has 5 nitrogen and oxygen atoms in total. The fraction of sp³-hybridized carbons (Fsp3) is 0.143. The lowest BCUT2D eigenvalue weighted by molar-refractivity contribution is 0.0981. The van der Waals surface area contributed by atoms with Crippen LogP contribution < -0.4 is 4.72 Å². The van der Waals surface area contributed by atoms with E-state index >= 15 is 0 Å². The molecule has 0 saturated heterocycles. The highest BCUT2D eigenvalue weighted by Gasteiger charge is 2.19. The SMILES string of the molecule is Cc1ccc(C(=O)NS(=O)(=O)c2ccncc2)c(C)c1. The first-order valence-electron chi connectivity index (χ1n) is 5.94. The lowest BCUT2D eigenvalue weighted by Crippen LogP contribution is -2.31. The van der Waals surface area contributed by atoms with Gasteiger partial charge in [-0.1, -0.05) is 17.7 Å². The number of carbonyl (C=O) groups is 1. The number of aryl methyl sites for hydroxylation is 2. The molecule has 1 heterocycles. The van der Waals surface area contributed by atoms with E-state index in [1.165, 1.54) is 24.5 Å². The zero-order chi connectivity index (χ0) is 14.8. The summed E-state index contributed by atoms with van der Waals surface area (Å²) >= 11 is 0. The molecule has 1 N–H and O–H groups in total. The van der Waals surface area contributed by atoms with Gasteiger partial charge in [0.15, 0.2) is 0 Å². The van der Waals surface area contributed by atoms with Crippen molar-refractivity contribution in [3.63, 3.8) is 0 Å². The van der Waals surface area contributed by atoms with Gasteiger partial charge in [-0.2, -0.15) is 0 Å². The minimum Gasteiger partial charge on any atom is -0.268 e. The van der Waals surface area contributed by atoms with E-state index < -0.39 is 15.9 Å². The molecule has 104 valence electrons. The van der Waals surface area contributed by atoms with Gasteiger partial charge in [0.1, 0.15) is 0 Å². The molecule has 2 rings (SSSR count). The maximum absolute atomic E-state index is 12.1. The fourth-order valence-corrected chi connectivity index (χ4v) is 2.77. The lowest BCUT2D eigenvalue weighted by Gasteiger charge is -2.09. The molecule has 0 fully saturated rings. The second-order valence-corrected chi connectivity index (χ2v) is 6.12. The van der Waals surface area contributed by atoms with Gasteiger partial charge in [0.05, 0.1) is 4.90 Å². The second kappa shape index (κ2) is 5.42. The summed E-state index contributed by atoms with van der Waals surface area (Å²) in [7, 11) is -3.87. The summed E-state index contributed by atoms with van der Waals surface area (Å²) in [4.78, 5) is 15.8. The van der Waals surface area contributed by atoms with Crippen LogP contribution in [0.2, 0.25) is 0 Å². The van der Waals surface area contributed by atoms with Crippen molar-refractivity contribution in [2.24, 2.45) is 0 Å². The monoisotopic (exact) mass is 290 g/mol. The Morgan fingerprint density at radius 2 is 1.75 bits per heavy atom. The Morgan fingerprint density at radius 1 is 1.10 bits per heavy atom. The second-order valence-electron chi connectivity index (χ2n) is 4.44. The summed E-state index contributed by atoms with van der Waals surface area (Å²) in [6.45, 7) is 3.67. The molecule has 0 saturated carbocycles. The average molecular weight is 290 g/mol. The molecule has 0 aliphatic heterocycles. The van der Waals surface area contributed by atoms with Gasteiger partial charge in [-0.15, -0.1) is 0 Å². The third-order valence-electron chi connectivity index (χ3n) is 2.81. The Kier molecular flexibility index (Phi) is 3.85. The van der Waals surface area contributed by atoms with Crippen molar-refractivity contribution < 1.29 is 13.2 Å². The Morgan fingerprint density at radius 3 is 2.35 bits per heavy atom. The van der Waals surface area contributed by atoms with Gasteiger partial charge in [0.2, 0.25) is 0 Å². The van der Waals surface area contributed by atoms with Crippen molar-refractivity contribution in [3.05, 3.63) is 59.4 Å². The van der Waals surface area contributed by atoms with Crippen LogP contribution in [0.1, 0.15) is 21.5 Å². The first kappa shape index (κ1) is 14.2. The first-order valence-corrected chi connectivity index (χ1v) is 7.43. The van der Waals surface area contributed by atoms with Crippen molar-refractivity contribution in [2.45, 2.75) is 18.7 Å². The van der Waals surface area contributed by atoms with E-state index in [1.54, 1.807) is 19.1 Å². The Bertz CT molecular complexity index is 740. The standard InChI is InChI=1S/C14H14N2O3S/c1-10-3-4-13(11(2)9-10)14(17)16-20(18,19)12-5-7-15-8-6-12/h3-9H,1-2H3,(H,16,17). The first-order chi connectivity index (χ1) is 9.40. The average Bonchev–Trinajstić information content (AvgIpc) is 2.39. The summed E-state index contributed by atoms with van der Waals surface area (Å²) in [5.74, 6) is -0.640. The number of nitrogens with zero attached hydrogens (tertiary/aromatic N) is 1. The number of rotatable bonds is 3. The predicted molar refractivity (Wildman–Crippen MR) is 74.8 cm³/mol. The summed E-state index contributed by atoms with van der Waals surface area (Å²) in [5.41, 5.74) is 2.08. The van der Waals surface area contributed by atoms with E-state index in [2.05, 4.69) is 9.71 Å². The van der Waals surface area contributed by atoms with E-state index in [9.17, 15) is 13.2 Å². The quantitative estimate of drug-likeness (QED) is 0.935. The number of pyridine rings is 1. The van der Waals surface area contributed by atoms with E-state index in [-0.39, 0.29) is 4.90 Å². The van der Waals surface area contributed by atoms with Gasteiger partial charge in [-0.3, -0.25) is 9.78 Å². The Hall–Kier alpha value is -2.21. The topological polar surface area (TPSA) is 76.1 Å². The largest absolute Gasteiger partial charge is 0.268 e. The van der Waals surface area contributed by atoms with Gasteiger partial charge in [0.25, 0.3) is 15.9 Å². The summed E-state index contributed by atoms with van der Waals surface area (Å²) in [6, 6.07) is 7.87. The van der Waals surface area contributed by atoms with Crippen LogP contribution in [0.3, 0.4) is 0 Å². The van der Waals surface area contributed by atoms with Crippen LogP contribution in [0, 0.1) is 13.8 Å². The van der Waals surface area contributed by atoms with Gasteiger partial charge in [-0.25, -0.2) is 13.1 Å². The third-order valence-corrected chi connectivity index (χ3v) is 4.16. The van der Waals surface area contributed by atoms with Gasteiger partial charge < -0.3 is 0 Å². The molecule has 1 aromatic heterocycles. The predicted octanol–water partition coefficient (Wildman–Crippen LogP) is 1.82. The maximum Gasteiger partial charge on any atom is 0.265 e. The molecule has 0 aliphatic carbocycles.